The van der Waals surface area contributed by atoms with E-state index in [2.05, 4.69) is 68.8 Å². The lowest BCUT2D eigenvalue weighted by atomic mass is 10.0. The van der Waals surface area contributed by atoms with E-state index in [1.165, 1.54) is 0 Å². The third-order valence-corrected chi connectivity index (χ3v) is 8.38. The molecule has 1 aliphatic carbocycles. The Bertz CT molecular complexity index is 2180. The minimum Gasteiger partial charge on any atom is -0.495 e. The first-order valence-corrected chi connectivity index (χ1v) is 14.9. The summed E-state index contributed by atoms with van der Waals surface area (Å²) in [6.07, 6.45) is 0. The summed E-state index contributed by atoms with van der Waals surface area (Å²) in [5, 5.41) is 3.19. The minimum atomic E-state index is 0.531. The molecule has 0 saturated heterocycles. The van der Waals surface area contributed by atoms with Crippen molar-refractivity contribution in [1.82, 2.24) is 0 Å². The van der Waals surface area contributed by atoms with Gasteiger partial charge in [0.25, 0.3) is 0 Å². The Kier molecular flexibility index (Phi) is 10.8. The van der Waals surface area contributed by atoms with Gasteiger partial charge in [-0.15, -0.1) is 0 Å². The third kappa shape index (κ3) is 6.15. The minimum absolute atomic E-state index is 0.531. The van der Waals surface area contributed by atoms with Crippen LogP contribution in [0.25, 0.3) is 34.4 Å². The van der Waals surface area contributed by atoms with Crippen molar-refractivity contribution in [1.29, 1.82) is 0 Å². The van der Waals surface area contributed by atoms with Gasteiger partial charge < -0.3 is 28.4 Å². The van der Waals surface area contributed by atoms with Gasteiger partial charge in [-0.05, 0) is 144 Å². The number of benzene rings is 3. The van der Waals surface area contributed by atoms with Crippen molar-refractivity contribution in [2.75, 3.05) is 42.7 Å². The molecule has 0 saturated carbocycles. The lowest BCUT2D eigenvalue weighted by molar-refractivity contribution is 0.392. The highest BCUT2D eigenvalue weighted by Gasteiger charge is 2.15. The van der Waals surface area contributed by atoms with E-state index in [1.54, 1.807) is 42.7 Å². The quantitative estimate of drug-likeness (QED) is 0.304. The highest BCUT2D eigenvalue weighted by molar-refractivity contribution is 5.57. The van der Waals surface area contributed by atoms with Crippen LogP contribution < -0.4 is 59.7 Å². The molecule has 4 rings (SSSR count). The number of ether oxygens (including phenoxy) is 6. The van der Waals surface area contributed by atoms with Crippen LogP contribution in [0.5, 0.6) is 34.5 Å². The summed E-state index contributed by atoms with van der Waals surface area (Å²) in [4.78, 5) is 0. The Hall–Kier alpha value is -6.18. The molecule has 6 heteroatoms. The van der Waals surface area contributed by atoms with Crippen molar-refractivity contribution in [2.45, 2.75) is 41.5 Å². The fourth-order valence-corrected chi connectivity index (χ4v) is 5.64. The summed E-state index contributed by atoms with van der Waals surface area (Å²) in [7, 11) is 9.58. The summed E-state index contributed by atoms with van der Waals surface area (Å²) in [6.45, 7) is 11.7. The van der Waals surface area contributed by atoms with Gasteiger partial charge in [0.2, 0.25) is 0 Å². The van der Waals surface area contributed by atoms with Crippen LogP contribution in [0.2, 0.25) is 0 Å². The van der Waals surface area contributed by atoms with Gasteiger partial charge in [-0.2, -0.15) is 0 Å². The average molecular weight is 637 g/mol. The zero-order valence-corrected chi connectivity index (χ0v) is 29.4. The van der Waals surface area contributed by atoms with E-state index in [9.17, 15) is 0 Å². The Balaban J connectivity index is 2.73. The molecule has 0 bridgehead atoms. The van der Waals surface area contributed by atoms with Crippen molar-refractivity contribution in [3.63, 3.8) is 0 Å². The Morgan fingerprint density at radius 3 is 0.479 bits per heavy atom. The first-order chi connectivity index (χ1) is 23.1. The molecule has 0 atom stereocenters. The molecule has 0 heterocycles. The molecule has 0 N–H and O–H groups in total. The monoisotopic (exact) mass is 636 g/mol. The molecule has 0 aromatic heterocycles. The third-order valence-electron chi connectivity index (χ3n) is 8.38. The van der Waals surface area contributed by atoms with E-state index >= 15 is 0 Å². The standard InChI is InChI=1S/C42H36O6/c1-25-26(2)38(44-8)32-20-15-16-22-34-36(42(48-12)30(6)29(5)40(34)46-10)24-18-17-23-35-33(21-14-13-19-31(32)37(25)43-7)39(45-9)27(3)28(4)41(35)47-11/h1-12H3. The van der Waals surface area contributed by atoms with Crippen molar-refractivity contribution in [3.05, 3.63) is 99.1 Å². The fourth-order valence-electron chi connectivity index (χ4n) is 5.64. The molecule has 0 spiro atoms. The lowest BCUT2D eigenvalue weighted by Gasteiger charge is -2.12. The molecule has 48 heavy (non-hydrogen) atoms. The predicted octanol–water partition coefficient (Wildman–Crippen LogP) is 2.88. The van der Waals surface area contributed by atoms with Crippen molar-refractivity contribution < 1.29 is 28.4 Å². The molecule has 0 fully saturated rings. The molecule has 3 aromatic rings. The molecule has 0 amide bonds. The first kappa shape index (κ1) is 34.7. The van der Waals surface area contributed by atoms with Crippen molar-refractivity contribution in [2.24, 2.45) is 0 Å². The molecule has 0 radical (unpaired) electrons. The molecule has 0 unspecified atom stereocenters. The van der Waals surface area contributed by atoms with Gasteiger partial charge in [-0.3, -0.25) is 0 Å². The van der Waals surface area contributed by atoms with E-state index in [0.29, 0.717) is 65.8 Å². The van der Waals surface area contributed by atoms with Gasteiger partial charge in [-0.25, -0.2) is 0 Å². The van der Waals surface area contributed by atoms with Crippen LogP contribution in [0.4, 0.5) is 0 Å². The summed E-state index contributed by atoms with van der Waals surface area (Å²) in [6, 6.07) is 0. The number of hydrogen-bond donors (Lipinski definition) is 0. The summed E-state index contributed by atoms with van der Waals surface area (Å²) in [5.41, 5.74) is 42.1. The molecule has 0 aliphatic heterocycles. The van der Waals surface area contributed by atoms with Gasteiger partial charge in [0.05, 0.1) is 74.0 Å². The van der Waals surface area contributed by atoms with Crippen molar-refractivity contribution in [3.8, 4) is 34.5 Å². The largest absolute Gasteiger partial charge is 0.495 e. The van der Waals surface area contributed by atoms with Gasteiger partial charge in [-0.1, -0.05) is 0 Å². The number of hydrogen-bond acceptors (Lipinski definition) is 6. The summed E-state index contributed by atoms with van der Waals surface area (Å²) in [5.74, 6) is 3.44. The van der Waals surface area contributed by atoms with Gasteiger partial charge in [0.1, 0.15) is 34.5 Å². The smallest absolute Gasteiger partial charge is 0.139 e. The summed E-state index contributed by atoms with van der Waals surface area (Å²) >= 11 is 0. The topological polar surface area (TPSA) is 55.4 Å². The van der Waals surface area contributed by atoms with Crippen LogP contribution in [0.15, 0.2) is 34.4 Å². The molecule has 3 aromatic carbocycles. The lowest BCUT2D eigenvalue weighted by Crippen LogP contribution is -2.29. The van der Waals surface area contributed by atoms with Gasteiger partial charge >= 0.3 is 0 Å². The highest BCUT2D eigenvalue weighted by atomic mass is 16.5. The van der Waals surface area contributed by atoms with Crippen LogP contribution in [0.3, 0.4) is 0 Å². The maximum atomic E-state index is 5.83. The maximum Gasteiger partial charge on any atom is 0.139 e. The fraction of sp³-hybridized carbons (Fsp3) is 0.286. The molecular weight excluding hydrogens is 600 g/mol. The molecule has 240 valence electrons. The highest BCUT2D eigenvalue weighted by Crippen LogP contribution is 2.23. The summed E-state index contributed by atoms with van der Waals surface area (Å²) < 4.78 is 35.0. The SMILES string of the molecule is COc1c(C)c(C)c(OC)c2c1=C=C=C=C=c1c(OC)c(C)c(C)c(OC)c1=C=C=C=C=c1c(OC)c(C)c(C)c(OC)c1=C=C=C=C=2. The average Bonchev–Trinajstić information content (AvgIpc) is 3.08. The van der Waals surface area contributed by atoms with Gasteiger partial charge in [0.15, 0.2) is 0 Å². The van der Waals surface area contributed by atoms with E-state index in [4.69, 9.17) is 28.4 Å². The second-order valence-corrected chi connectivity index (χ2v) is 10.7. The molecule has 6 nitrogen and oxygen atoms in total. The molecule has 1 aliphatic rings. The second-order valence-electron chi connectivity index (χ2n) is 10.7. The van der Waals surface area contributed by atoms with Crippen LogP contribution in [0, 0.1) is 41.5 Å². The number of fused-ring (bicyclic) bond motifs is 3. The second kappa shape index (κ2) is 14.9. The van der Waals surface area contributed by atoms with E-state index in [1.807, 2.05) is 41.5 Å². The zero-order valence-electron chi connectivity index (χ0n) is 29.4. The Morgan fingerprint density at radius 2 is 0.375 bits per heavy atom. The van der Waals surface area contributed by atoms with Crippen molar-refractivity contribution >= 4 is 34.4 Å². The van der Waals surface area contributed by atoms with Crippen LogP contribution in [-0.2, 0) is 0 Å². The number of methoxy groups -OCH3 is 6. The van der Waals surface area contributed by atoms with Crippen LogP contribution in [-0.4, -0.2) is 42.7 Å². The van der Waals surface area contributed by atoms with E-state index in [-0.39, 0.29) is 0 Å². The zero-order chi connectivity index (χ0) is 35.1. The van der Waals surface area contributed by atoms with Gasteiger partial charge in [0, 0.05) is 0 Å². The van der Waals surface area contributed by atoms with Crippen LogP contribution >= 0.6 is 0 Å². The predicted molar refractivity (Wildman–Crippen MR) is 186 cm³/mol. The maximum absolute atomic E-state index is 5.83. The Labute approximate surface area is 280 Å². The Morgan fingerprint density at radius 1 is 0.250 bits per heavy atom. The van der Waals surface area contributed by atoms with E-state index in [0.717, 1.165) is 33.4 Å². The molecular formula is C42H36O6. The van der Waals surface area contributed by atoms with E-state index < -0.39 is 0 Å². The normalized spacial score (nSPS) is 10.5. The van der Waals surface area contributed by atoms with Crippen LogP contribution in [0.1, 0.15) is 33.4 Å². The number of rotatable bonds is 6. The first-order valence-electron chi connectivity index (χ1n) is 14.9.